The summed E-state index contributed by atoms with van der Waals surface area (Å²) >= 11 is 0. The van der Waals surface area contributed by atoms with Crippen LogP contribution in [0.5, 0.6) is 0 Å². The van der Waals surface area contributed by atoms with E-state index < -0.39 is 38.1 Å². The van der Waals surface area contributed by atoms with E-state index >= 15 is 0 Å². The zero-order valence-corrected chi connectivity index (χ0v) is 19.8. The number of hydrogen-bond acceptors (Lipinski definition) is 6. The van der Waals surface area contributed by atoms with Gasteiger partial charge in [0, 0.05) is 11.3 Å². The largest absolute Gasteiger partial charge is 0.399 e. The molecular formula is C21H20N2O6S2Si. The number of nitrogen functional groups attached to an aromatic ring is 1. The van der Waals surface area contributed by atoms with Gasteiger partial charge in [-0.3, -0.25) is 9.11 Å². The van der Waals surface area contributed by atoms with Gasteiger partial charge in [0.15, 0.2) is 0 Å². The topological polar surface area (TPSA) is 159 Å². The number of nitrogens with one attached hydrogen (secondary N) is 1. The van der Waals surface area contributed by atoms with Gasteiger partial charge in [-0.15, -0.1) is 0 Å². The third-order valence-corrected chi connectivity index (χ3v) is 11.0. The third kappa shape index (κ3) is 3.57. The van der Waals surface area contributed by atoms with E-state index in [1.165, 1.54) is 6.07 Å². The van der Waals surface area contributed by atoms with E-state index in [0.717, 1.165) is 22.5 Å². The monoisotopic (exact) mass is 488 g/mol. The van der Waals surface area contributed by atoms with Gasteiger partial charge >= 0.3 is 0 Å². The first-order valence-electron chi connectivity index (χ1n) is 9.44. The quantitative estimate of drug-likeness (QED) is 0.293. The Labute approximate surface area is 186 Å². The minimum Gasteiger partial charge on any atom is -0.399 e. The van der Waals surface area contributed by atoms with Crippen LogP contribution in [0.25, 0.3) is 5.57 Å². The molecule has 0 amide bonds. The molecule has 2 aromatic carbocycles. The lowest BCUT2D eigenvalue weighted by molar-refractivity contribution is 0.481. The van der Waals surface area contributed by atoms with Crippen LogP contribution < -0.4 is 10.9 Å². The Balaban J connectivity index is 2.18. The van der Waals surface area contributed by atoms with E-state index in [0.29, 0.717) is 28.1 Å². The molecule has 0 bridgehead atoms. The summed E-state index contributed by atoms with van der Waals surface area (Å²) in [6, 6.07) is 8.36. The molecule has 5 N–H and O–H groups in total. The number of benzene rings is 2. The Morgan fingerprint density at radius 1 is 0.906 bits per heavy atom. The van der Waals surface area contributed by atoms with E-state index in [1.54, 1.807) is 30.4 Å². The summed E-state index contributed by atoms with van der Waals surface area (Å²) in [5.41, 5.74) is 8.84. The fraction of sp³-hybridized carbons (Fsp3) is 0.0952. The number of hydrogen-bond donors (Lipinski definition) is 4. The first-order valence-corrected chi connectivity index (χ1v) is 15.3. The van der Waals surface area contributed by atoms with Crippen LogP contribution in [0, 0.1) is 5.41 Å². The van der Waals surface area contributed by atoms with E-state index in [1.807, 2.05) is 6.07 Å². The minimum absolute atomic E-state index is 0.0782. The van der Waals surface area contributed by atoms with Gasteiger partial charge in [-0.2, -0.15) is 16.8 Å². The Morgan fingerprint density at radius 3 is 2.19 bits per heavy atom. The molecule has 0 unspecified atom stereocenters. The van der Waals surface area contributed by atoms with E-state index in [2.05, 4.69) is 13.1 Å². The Kier molecular flexibility index (Phi) is 4.95. The van der Waals surface area contributed by atoms with Crippen LogP contribution in [0.2, 0.25) is 13.1 Å². The zero-order chi connectivity index (χ0) is 23.6. The lowest BCUT2D eigenvalue weighted by Crippen LogP contribution is -2.49. The average Bonchev–Trinajstić information content (AvgIpc) is 2.68. The van der Waals surface area contributed by atoms with Gasteiger partial charge in [0.2, 0.25) is 0 Å². The van der Waals surface area contributed by atoms with Crippen LogP contribution in [-0.2, 0) is 20.2 Å². The lowest BCUT2D eigenvalue weighted by Gasteiger charge is -2.38. The molecule has 4 rings (SSSR count). The van der Waals surface area contributed by atoms with Crippen LogP contribution in [0.3, 0.4) is 0 Å². The Hall–Kier alpha value is -2.83. The van der Waals surface area contributed by atoms with E-state index in [9.17, 15) is 25.9 Å². The summed E-state index contributed by atoms with van der Waals surface area (Å²) in [6.45, 7) is 4.21. The van der Waals surface area contributed by atoms with Crippen molar-refractivity contribution in [2.45, 2.75) is 22.9 Å². The SMILES string of the molecule is C[Si]1(C)C2=CC(=N)C=CC2=C(c2ccc(S(=O)(=O)O)cc2S(=O)(=O)O)c2ccc(N)cc21. The maximum atomic E-state index is 12.3. The Morgan fingerprint density at radius 2 is 1.56 bits per heavy atom. The number of rotatable bonds is 3. The molecule has 0 saturated carbocycles. The molecule has 0 saturated heterocycles. The molecule has 11 heteroatoms. The van der Waals surface area contributed by atoms with E-state index in [4.69, 9.17) is 11.1 Å². The van der Waals surface area contributed by atoms with Crippen molar-refractivity contribution in [3.63, 3.8) is 0 Å². The van der Waals surface area contributed by atoms with Gasteiger partial charge in [0.05, 0.1) is 10.6 Å². The minimum atomic E-state index is -4.86. The molecule has 0 spiro atoms. The van der Waals surface area contributed by atoms with Crippen LogP contribution in [-0.4, -0.2) is 39.7 Å². The molecule has 0 aromatic heterocycles. The Bertz CT molecular complexity index is 1520. The number of fused-ring (bicyclic) bond motifs is 2. The smallest absolute Gasteiger partial charge is 0.295 e. The van der Waals surface area contributed by atoms with Crippen LogP contribution in [0.15, 0.2) is 75.2 Å². The molecule has 2 aromatic rings. The molecule has 32 heavy (non-hydrogen) atoms. The third-order valence-electron chi connectivity index (χ3n) is 5.75. The summed E-state index contributed by atoms with van der Waals surface area (Å²) in [4.78, 5) is -1.30. The van der Waals surface area contributed by atoms with Crippen molar-refractivity contribution in [3.05, 3.63) is 76.5 Å². The van der Waals surface area contributed by atoms with Crippen molar-refractivity contribution in [1.82, 2.24) is 0 Å². The first-order chi connectivity index (χ1) is 14.7. The van der Waals surface area contributed by atoms with E-state index in [-0.39, 0.29) is 5.56 Å². The van der Waals surface area contributed by atoms with Gasteiger partial charge in [0.1, 0.15) is 13.0 Å². The fourth-order valence-corrected chi connectivity index (χ4v) is 8.64. The molecule has 0 fully saturated rings. The molecule has 0 atom stereocenters. The maximum absolute atomic E-state index is 12.3. The van der Waals surface area contributed by atoms with Gasteiger partial charge in [-0.05, 0) is 63.5 Å². The number of nitrogens with two attached hydrogens (primary N) is 1. The molecule has 1 aliphatic heterocycles. The highest BCUT2D eigenvalue weighted by molar-refractivity contribution is 7.86. The molecule has 1 aliphatic carbocycles. The van der Waals surface area contributed by atoms with Crippen molar-refractivity contribution in [2.24, 2.45) is 0 Å². The summed E-state index contributed by atoms with van der Waals surface area (Å²) in [5.74, 6) is 0. The molecule has 2 aliphatic rings. The molecule has 1 heterocycles. The van der Waals surface area contributed by atoms with Crippen LogP contribution in [0.4, 0.5) is 5.69 Å². The highest BCUT2D eigenvalue weighted by atomic mass is 32.2. The standard InChI is InChI=1S/C21H20N2O6S2Si/c1-32(2)19-9-12(22)3-6-16(19)21(17-7-4-13(23)10-20(17)32)15-8-5-14(30(24,25)26)11-18(15)31(27,28)29/h3-11,22H,23H2,1-2H3,(H,24,25,26)(H,27,28,29). The number of anilines is 1. The average molecular weight is 489 g/mol. The second-order valence-corrected chi connectivity index (χ2v) is 15.3. The summed E-state index contributed by atoms with van der Waals surface area (Å²) < 4.78 is 67.0. The van der Waals surface area contributed by atoms with Crippen LogP contribution >= 0.6 is 0 Å². The fourth-order valence-electron chi connectivity index (χ4n) is 4.24. The predicted octanol–water partition coefficient (Wildman–Crippen LogP) is 2.55. The maximum Gasteiger partial charge on any atom is 0.295 e. The first kappa shape index (κ1) is 22.4. The molecule has 0 radical (unpaired) electrons. The molecule has 166 valence electrons. The normalized spacial score (nSPS) is 17.6. The molecular weight excluding hydrogens is 468 g/mol. The van der Waals surface area contributed by atoms with Crippen molar-refractivity contribution in [1.29, 1.82) is 5.41 Å². The van der Waals surface area contributed by atoms with Crippen LogP contribution in [0.1, 0.15) is 11.1 Å². The van der Waals surface area contributed by atoms with Crippen molar-refractivity contribution in [3.8, 4) is 0 Å². The zero-order valence-electron chi connectivity index (χ0n) is 17.1. The van der Waals surface area contributed by atoms with Gasteiger partial charge in [-0.25, -0.2) is 0 Å². The van der Waals surface area contributed by atoms with Gasteiger partial charge < -0.3 is 11.1 Å². The van der Waals surface area contributed by atoms with Crippen molar-refractivity contribution in [2.75, 3.05) is 5.73 Å². The summed E-state index contributed by atoms with van der Waals surface area (Å²) in [7, 11) is -11.9. The van der Waals surface area contributed by atoms with Gasteiger partial charge in [0.25, 0.3) is 20.2 Å². The van der Waals surface area contributed by atoms with Crippen molar-refractivity contribution < 1.29 is 25.9 Å². The second-order valence-electron chi connectivity index (χ2n) is 8.17. The highest BCUT2D eigenvalue weighted by Gasteiger charge is 2.40. The van der Waals surface area contributed by atoms with Crippen molar-refractivity contribution >= 4 is 50.5 Å². The number of allylic oxidation sites excluding steroid dienone is 5. The highest BCUT2D eigenvalue weighted by Crippen LogP contribution is 2.43. The summed E-state index contributed by atoms with van der Waals surface area (Å²) in [6.07, 6.45) is 5.06. The lowest BCUT2D eigenvalue weighted by atomic mass is 9.89. The summed E-state index contributed by atoms with van der Waals surface area (Å²) in [5, 5.41) is 9.91. The predicted molar refractivity (Wildman–Crippen MR) is 125 cm³/mol. The van der Waals surface area contributed by atoms with Gasteiger partial charge in [-0.1, -0.05) is 31.3 Å². The molecule has 8 nitrogen and oxygen atoms in total. The second kappa shape index (κ2) is 7.09.